The van der Waals surface area contributed by atoms with Gasteiger partial charge in [-0.2, -0.15) is 0 Å². The fourth-order valence-corrected chi connectivity index (χ4v) is 3.09. The lowest BCUT2D eigenvalue weighted by molar-refractivity contribution is 0.268. The van der Waals surface area contributed by atoms with Crippen molar-refractivity contribution >= 4 is 34.6 Å². The molecule has 0 heterocycles. The number of benzene rings is 1. The molecule has 0 spiro atoms. The Kier molecular flexibility index (Phi) is 5.45. The summed E-state index contributed by atoms with van der Waals surface area (Å²) in [6.45, 7) is 13.0. The third-order valence-corrected chi connectivity index (χ3v) is 3.47. The number of halogens is 1. The van der Waals surface area contributed by atoms with Crippen molar-refractivity contribution in [3.05, 3.63) is 28.8 Å². The second-order valence-corrected chi connectivity index (χ2v) is 7.98. The largest absolute Gasteiger partial charge is 0.358 e. The van der Waals surface area contributed by atoms with Crippen molar-refractivity contribution in [3.8, 4) is 0 Å². The van der Waals surface area contributed by atoms with E-state index in [2.05, 4.69) is 45.3 Å². The van der Waals surface area contributed by atoms with Crippen LogP contribution in [0, 0.1) is 12.3 Å². The van der Waals surface area contributed by atoms with Gasteiger partial charge in [0.1, 0.15) is 0 Å². The van der Waals surface area contributed by atoms with Gasteiger partial charge in [-0.05, 0) is 62.5 Å². The van der Waals surface area contributed by atoms with Gasteiger partial charge < -0.3 is 10.6 Å². The van der Waals surface area contributed by atoms with Crippen molar-refractivity contribution in [2.45, 2.75) is 53.5 Å². The van der Waals surface area contributed by atoms with Gasteiger partial charge in [0.15, 0.2) is 5.11 Å². The zero-order valence-electron chi connectivity index (χ0n) is 13.2. The fraction of sp³-hybridized carbons (Fsp3) is 0.562. The molecule has 1 aromatic carbocycles. The molecule has 1 rings (SSSR count). The Labute approximate surface area is 133 Å². The van der Waals surface area contributed by atoms with Gasteiger partial charge in [0.25, 0.3) is 0 Å². The van der Waals surface area contributed by atoms with Crippen LogP contribution in [0.5, 0.6) is 0 Å². The normalized spacial score (nSPS) is 12.2. The van der Waals surface area contributed by atoms with Gasteiger partial charge in [0, 0.05) is 16.2 Å². The summed E-state index contributed by atoms with van der Waals surface area (Å²) in [4.78, 5) is 0. The molecule has 0 aliphatic rings. The van der Waals surface area contributed by atoms with Crippen LogP contribution in [0.3, 0.4) is 0 Å². The fourth-order valence-electron chi connectivity index (χ4n) is 2.51. The predicted octanol–water partition coefficient (Wildman–Crippen LogP) is 5.15. The number of aryl methyl sites for hydroxylation is 1. The second-order valence-electron chi connectivity index (χ2n) is 7.16. The van der Waals surface area contributed by atoms with Crippen LogP contribution in [0.4, 0.5) is 5.69 Å². The first-order chi connectivity index (χ1) is 8.98. The summed E-state index contributed by atoms with van der Waals surface area (Å²) in [5.41, 5.74) is 2.16. The van der Waals surface area contributed by atoms with Crippen LogP contribution >= 0.6 is 23.8 Å². The molecule has 0 aliphatic heterocycles. The molecule has 0 saturated heterocycles. The monoisotopic (exact) mass is 312 g/mol. The Hall–Kier alpha value is -0.800. The Morgan fingerprint density at radius 1 is 1.20 bits per heavy atom. The summed E-state index contributed by atoms with van der Waals surface area (Å²) in [7, 11) is 0. The first-order valence-electron chi connectivity index (χ1n) is 6.84. The minimum Gasteiger partial charge on any atom is -0.358 e. The van der Waals surface area contributed by atoms with E-state index in [-0.39, 0.29) is 11.0 Å². The molecule has 0 aromatic heterocycles. The zero-order valence-corrected chi connectivity index (χ0v) is 14.8. The quantitative estimate of drug-likeness (QED) is 0.755. The van der Waals surface area contributed by atoms with E-state index in [0.29, 0.717) is 5.11 Å². The van der Waals surface area contributed by atoms with Crippen molar-refractivity contribution in [3.63, 3.8) is 0 Å². The average molecular weight is 313 g/mol. The van der Waals surface area contributed by atoms with E-state index in [9.17, 15) is 0 Å². The summed E-state index contributed by atoms with van der Waals surface area (Å²) in [6.07, 6.45) is 1.02. The molecule has 0 amide bonds. The zero-order chi connectivity index (χ0) is 15.6. The molecule has 112 valence electrons. The van der Waals surface area contributed by atoms with Gasteiger partial charge in [0.2, 0.25) is 0 Å². The molecule has 0 atom stereocenters. The number of hydrogen-bond donors (Lipinski definition) is 2. The minimum absolute atomic E-state index is 0.0587. The van der Waals surface area contributed by atoms with Gasteiger partial charge in [-0.15, -0.1) is 0 Å². The van der Waals surface area contributed by atoms with Crippen LogP contribution in [-0.4, -0.2) is 10.7 Å². The number of anilines is 1. The number of hydrogen-bond acceptors (Lipinski definition) is 1. The summed E-state index contributed by atoms with van der Waals surface area (Å²) >= 11 is 11.5. The molecule has 4 heteroatoms. The molecule has 2 N–H and O–H groups in total. The highest BCUT2D eigenvalue weighted by atomic mass is 35.5. The maximum atomic E-state index is 6.11. The first-order valence-corrected chi connectivity index (χ1v) is 7.62. The smallest absolute Gasteiger partial charge is 0.171 e. The van der Waals surface area contributed by atoms with Crippen LogP contribution in [0.2, 0.25) is 5.02 Å². The minimum atomic E-state index is -0.0587. The molecule has 2 nitrogen and oxygen atoms in total. The second kappa shape index (κ2) is 6.31. The number of rotatable bonds is 3. The van der Waals surface area contributed by atoms with E-state index >= 15 is 0 Å². The molecule has 20 heavy (non-hydrogen) atoms. The molecular weight excluding hydrogens is 288 g/mol. The van der Waals surface area contributed by atoms with Gasteiger partial charge >= 0.3 is 0 Å². The first kappa shape index (κ1) is 17.3. The lowest BCUT2D eigenvalue weighted by Gasteiger charge is -2.34. The maximum absolute atomic E-state index is 6.11. The van der Waals surface area contributed by atoms with Crippen molar-refractivity contribution < 1.29 is 0 Å². The highest BCUT2D eigenvalue weighted by Crippen LogP contribution is 2.27. The summed E-state index contributed by atoms with van der Waals surface area (Å²) in [5.74, 6) is 0. The van der Waals surface area contributed by atoms with E-state index in [4.69, 9.17) is 23.8 Å². The highest BCUT2D eigenvalue weighted by Gasteiger charge is 2.25. The van der Waals surface area contributed by atoms with Crippen LogP contribution in [0.25, 0.3) is 0 Å². The van der Waals surface area contributed by atoms with Crippen molar-refractivity contribution in [1.29, 1.82) is 0 Å². The van der Waals surface area contributed by atoms with E-state index in [0.717, 1.165) is 22.7 Å². The lowest BCUT2D eigenvalue weighted by atomic mass is 9.82. The van der Waals surface area contributed by atoms with Crippen LogP contribution in [-0.2, 0) is 0 Å². The Morgan fingerprint density at radius 3 is 2.30 bits per heavy atom. The summed E-state index contributed by atoms with van der Waals surface area (Å²) < 4.78 is 0. The Morgan fingerprint density at radius 2 is 1.80 bits per heavy atom. The van der Waals surface area contributed by atoms with Gasteiger partial charge in [-0.1, -0.05) is 38.4 Å². The maximum Gasteiger partial charge on any atom is 0.171 e. The van der Waals surface area contributed by atoms with E-state index in [1.165, 1.54) is 0 Å². The molecule has 1 aromatic rings. The van der Waals surface area contributed by atoms with Gasteiger partial charge in [-0.3, -0.25) is 0 Å². The molecular formula is C16H25ClN2S. The third kappa shape index (κ3) is 6.10. The predicted molar refractivity (Wildman–Crippen MR) is 93.7 cm³/mol. The number of nitrogens with one attached hydrogen (secondary N) is 2. The van der Waals surface area contributed by atoms with Crippen molar-refractivity contribution in [1.82, 2.24) is 5.32 Å². The standard InChI is InChI=1S/C16H25ClN2S/c1-11-7-8-12(9-13(11)17)18-14(20)19-16(5,6)10-15(2,3)4/h7-9H,10H2,1-6H3,(H2,18,19,20). The Bertz CT molecular complexity index is 490. The van der Waals surface area contributed by atoms with Gasteiger partial charge in [-0.25, -0.2) is 0 Å². The van der Waals surface area contributed by atoms with Crippen molar-refractivity contribution in [2.75, 3.05) is 5.32 Å². The van der Waals surface area contributed by atoms with Crippen LogP contribution < -0.4 is 10.6 Å². The van der Waals surface area contributed by atoms with E-state index < -0.39 is 0 Å². The number of thiocarbonyl (C=S) groups is 1. The Balaban J connectivity index is 2.65. The molecule has 0 radical (unpaired) electrons. The summed E-state index contributed by atoms with van der Waals surface area (Å²) in [5, 5.41) is 7.93. The summed E-state index contributed by atoms with van der Waals surface area (Å²) in [6, 6.07) is 5.85. The van der Waals surface area contributed by atoms with E-state index in [1.807, 2.05) is 25.1 Å². The van der Waals surface area contributed by atoms with Crippen molar-refractivity contribution in [2.24, 2.45) is 5.41 Å². The SMILES string of the molecule is Cc1ccc(NC(=S)NC(C)(C)CC(C)(C)C)cc1Cl. The molecule has 0 unspecified atom stereocenters. The highest BCUT2D eigenvalue weighted by molar-refractivity contribution is 7.80. The topological polar surface area (TPSA) is 24.1 Å². The molecule has 0 aliphatic carbocycles. The third-order valence-electron chi connectivity index (χ3n) is 2.85. The van der Waals surface area contributed by atoms with Gasteiger partial charge in [0.05, 0.1) is 0 Å². The molecule has 0 saturated carbocycles. The van der Waals surface area contributed by atoms with Crippen LogP contribution in [0.1, 0.15) is 46.6 Å². The van der Waals surface area contributed by atoms with Crippen LogP contribution in [0.15, 0.2) is 18.2 Å². The van der Waals surface area contributed by atoms with E-state index in [1.54, 1.807) is 0 Å². The lowest BCUT2D eigenvalue weighted by Crippen LogP contribution is -2.47. The average Bonchev–Trinajstić information content (AvgIpc) is 2.18. The molecule has 0 fully saturated rings. The molecule has 0 bridgehead atoms.